The van der Waals surface area contributed by atoms with E-state index in [0.717, 1.165) is 5.39 Å². The van der Waals surface area contributed by atoms with E-state index < -0.39 is 5.63 Å². The summed E-state index contributed by atoms with van der Waals surface area (Å²) >= 11 is 0. The minimum Gasteiger partial charge on any atom is -0.422 e. The quantitative estimate of drug-likeness (QED) is 0.411. The number of aromatic nitrogens is 3. The molecule has 0 bridgehead atoms. The van der Waals surface area contributed by atoms with E-state index in [1.54, 1.807) is 18.2 Å². The summed E-state index contributed by atoms with van der Waals surface area (Å²) in [4.78, 5) is 13.0. The van der Waals surface area contributed by atoms with Gasteiger partial charge < -0.3 is 4.42 Å². The summed E-state index contributed by atoms with van der Waals surface area (Å²) in [5.74, 6) is 5.18. The third kappa shape index (κ3) is 2.28. The fourth-order valence-corrected chi connectivity index (χ4v) is 1.69. The van der Waals surface area contributed by atoms with Gasteiger partial charge in [0.2, 0.25) is 0 Å². The van der Waals surface area contributed by atoms with Crippen molar-refractivity contribution in [3.63, 3.8) is 0 Å². The minimum atomic E-state index is -0.460. The molecule has 0 fully saturated rings. The number of para-hydroxylation sites is 1. The van der Waals surface area contributed by atoms with Gasteiger partial charge in [0.15, 0.2) is 0 Å². The number of nitrogen functional groups attached to an aromatic ring is 1. The second-order valence-electron chi connectivity index (χ2n) is 3.66. The van der Waals surface area contributed by atoms with E-state index in [4.69, 9.17) is 10.3 Å². The summed E-state index contributed by atoms with van der Waals surface area (Å²) in [5, 5.41) is 8.34. The van der Waals surface area contributed by atoms with Crippen LogP contribution in [0.3, 0.4) is 0 Å². The number of nitrogens with zero attached hydrogens (tertiary/aromatic N) is 3. The number of benzene rings is 1. The van der Waals surface area contributed by atoms with Gasteiger partial charge in [-0.25, -0.2) is 16.2 Å². The fraction of sp³-hybridized carbons (Fsp3) is 0. The van der Waals surface area contributed by atoms with Crippen LogP contribution in [0.15, 0.2) is 45.7 Å². The average Bonchev–Trinajstić information content (AvgIpc) is 2.86. The van der Waals surface area contributed by atoms with Crippen LogP contribution in [0, 0.1) is 0 Å². The van der Waals surface area contributed by atoms with Gasteiger partial charge in [-0.15, -0.1) is 17.5 Å². The summed E-state index contributed by atoms with van der Waals surface area (Å²) in [5.41, 5.74) is 3.10. The molecule has 19 heavy (non-hydrogen) atoms. The number of hydrogen-bond acceptors (Lipinski definition) is 6. The average molecular weight is 280 g/mol. The molecule has 98 valence electrons. The molecule has 0 radical (unpaired) electrons. The number of hydrazine groups is 1. The second kappa shape index (κ2) is 5.09. The minimum absolute atomic E-state index is 0. The molecule has 0 aliphatic rings. The smallest absolute Gasteiger partial charge is 0.345 e. The van der Waals surface area contributed by atoms with E-state index in [1.807, 2.05) is 12.1 Å². The Morgan fingerprint density at radius 1 is 1.32 bits per heavy atom. The summed E-state index contributed by atoms with van der Waals surface area (Å²) < 4.78 is 5.21. The zero-order chi connectivity index (χ0) is 12.5. The van der Waals surface area contributed by atoms with Gasteiger partial charge in [-0.1, -0.05) is 18.2 Å². The van der Waals surface area contributed by atoms with Crippen LogP contribution >= 0.6 is 12.4 Å². The highest BCUT2D eigenvalue weighted by Gasteiger charge is 2.11. The normalized spacial score (nSPS) is 10.2. The van der Waals surface area contributed by atoms with Crippen molar-refractivity contribution < 1.29 is 4.42 Å². The van der Waals surface area contributed by atoms with Crippen LogP contribution in [0.25, 0.3) is 22.2 Å². The molecular formula is C11H10ClN5O2. The Hall–Kier alpha value is -2.38. The Morgan fingerprint density at radius 2 is 2.11 bits per heavy atom. The van der Waals surface area contributed by atoms with E-state index in [1.165, 1.54) is 11.0 Å². The second-order valence-corrected chi connectivity index (χ2v) is 3.66. The molecule has 0 amide bonds. The van der Waals surface area contributed by atoms with Crippen molar-refractivity contribution in [1.82, 2.24) is 15.1 Å². The zero-order valence-electron chi connectivity index (χ0n) is 9.61. The summed E-state index contributed by atoms with van der Waals surface area (Å²) in [7, 11) is 0. The molecule has 0 spiro atoms. The van der Waals surface area contributed by atoms with Crippen LogP contribution in [-0.4, -0.2) is 15.1 Å². The Balaban J connectivity index is 0.00000133. The molecule has 7 nitrogen and oxygen atoms in total. The molecule has 0 atom stereocenters. The number of halogens is 1. The van der Waals surface area contributed by atoms with Crippen LogP contribution in [0.4, 0.5) is 0 Å². The van der Waals surface area contributed by atoms with Gasteiger partial charge in [0.25, 0.3) is 0 Å². The topological polar surface area (TPSA) is 99.0 Å². The Kier molecular flexibility index (Phi) is 3.50. The Bertz CT molecular complexity index is 767. The summed E-state index contributed by atoms with van der Waals surface area (Å²) in [6.45, 7) is 0. The third-order valence-electron chi connectivity index (χ3n) is 2.54. The maximum absolute atomic E-state index is 11.8. The molecule has 8 heteroatoms. The SMILES string of the molecule is Cl.NNn1cc(-c2cc3ccccc3oc2=O)nn1. The van der Waals surface area contributed by atoms with Gasteiger partial charge in [0.05, 0.1) is 11.8 Å². The Morgan fingerprint density at radius 3 is 2.84 bits per heavy atom. The first-order valence-electron chi connectivity index (χ1n) is 5.20. The summed E-state index contributed by atoms with van der Waals surface area (Å²) in [6, 6.07) is 8.97. The van der Waals surface area contributed by atoms with E-state index in [2.05, 4.69) is 15.8 Å². The van der Waals surface area contributed by atoms with Crippen molar-refractivity contribution in [3.05, 3.63) is 46.9 Å². The fourth-order valence-electron chi connectivity index (χ4n) is 1.69. The first-order valence-corrected chi connectivity index (χ1v) is 5.20. The standard InChI is InChI=1S/C11H9N5O2.ClH/c12-14-16-6-9(13-15-16)8-5-7-3-1-2-4-10(7)18-11(8)17;/h1-6,14H,12H2;1H. The van der Waals surface area contributed by atoms with Gasteiger partial charge in [-0.05, 0) is 17.3 Å². The molecule has 3 rings (SSSR count). The molecule has 2 heterocycles. The monoisotopic (exact) mass is 279 g/mol. The lowest BCUT2D eigenvalue weighted by molar-refractivity contribution is 0.563. The lowest BCUT2D eigenvalue weighted by Gasteiger charge is -1.98. The molecule has 0 unspecified atom stereocenters. The highest BCUT2D eigenvalue weighted by atomic mass is 35.5. The number of nitrogens with one attached hydrogen (secondary N) is 1. The number of fused-ring (bicyclic) bond motifs is 1. The molecule has 1 aromatic carbocycles. The van der Waals surface area contributed by atoms with Crippen LogP contribution in [0.5, 0.6) is 0 Å². The van der Waals surface area contributed by atoms with Crippen LogP contribution < -0.4 is 17.0 Å². The lowest BCUT2D eigenvalue weighted by atomic mass is 10.1. The van der Waals surface area contributed by atoms with E-state index in [9.17, 15) is 4.79 Å². The molecule has 0 aliphatic carbocycles. The number of hydrogen-bond donors (Lipinski definition) is 2. The van der Waals surface area contributed by atoms with Crippen molar-refractivity contribution in [2.24, 2.45) is 5.84 Å². The van der Waals surface area contributed by atoms with Crippen molar-refractivity contribution in [3.8, 4) is 11.3 Å². The predicted octanol–water partition coefficient (Wildman–Crippen LogP) is 0.890. The van der Waals surface area contributed by atoms with Crippen LogP contribution in [0.1, 0.15) is 0 Å². The summed E-state index contributed by atoms with van der Waals surface area (Å²) in [6.07, 6.45) is 1.50. The van der Waals surface area contributed by atoms with E-state index >= 15 is 0 Å². The van der Waals surface area contributed by atoms with Crippen molar-refractivity contribution in [2.75, 3.05) is 5.53 Å². The van der Waals surface area contributed by atoms with Gasteiger partial charge in [-0.3, -0.25) is 0 Å². The Labute approximate surface area is 113 Å². The molecule has 3 aromatic rings. The maximum atomic E-state index is 11.8. The van der Waals surface area contributed by atoms with Gasteiger partial charge in [0, 0.05) is 5.39 Å². The van der Waals surface area contributed by atoms with Crippen LogP contribution in [0.2, 0.25) is 0 Å². The number of rotatable bonds is 2. The largest absolute Gasteiger partial charge is 0.422 e. The highest BCUT2D eigenvalue weighted by molar-refractivity contribution is 5.85. The zero-order valence-corrected chi connectivity index (χ0v) is 10.4. The van der Waals surface area contributed by atoms with Crippen molar-refractivity contribution in [1.29, 1.82) is 0 Å². The molecule has 0 saturated carbocycles. The number of nitrogens with two attached hydrogens (primary N) is 1. The molecule has 0 saturated heterocycles. The predicted molar refractivity (Wildman–Crippen MR) is 72.3 cm³/mol. The van der Waals surface area contributed by atoms with E-state index in [-0.39, 0.29) is 12.4 Å². The maximum Gasteiger partial charge on any atom is 0.345 e. The first kappa shape index (κ1) is 13.1. The third-order valence-corrected chi connectivity index (χ3v) is 2.54. The van der Waals surface area contributed by atoms with Gasteiger partial charge in [0.1, 0.15) is 11.3 Å². The molecule has 2 aromatic heterocycles. The van der Waals surface area contributed by atoms with Gasteiger partial charge in [-0.2, -0.15) is 4.79 Å². The molecule has 0 aliphatic heterocycles. The molecular weight excluding hydrogens is 270 g/mol. The van der Waals surface area contributed by atoms with Crippen LogP contribution in [-0.2, 0) is 0 Å². The van der Waals surface area contributed by atoms with E-state index in [0.29, 0.717) is 16.8 Å². The first-order chi connectivity index (χ1) is 8.78. The van der Waals surface area contributed by atoms with Gasteiger partial charge >= 0.3 is 5.63 Å². The lowest BCUT2D eigenvalue weighted by Crippen LogP contribution is -2.21. The van der Waals surface area contributed by atoms with Crippen molar-refractivity contribution >= 4 is 23.4 Å². The highest BCUT2D eigenvalue weighted by Crippen LogP contribution is 2.18. The molecule has 3 N–H and O–H groups in total. The van der Waals surface area contributed by atoms with Crippen molar-refractivity contribution in [2.45, 2.75) is 0 Å².